The number of aliphatic hydroxyl groups is 1. The number of hydrogen-bond donors (Lipinski definition) is 6. The number of amides is 1. The van der Waals surface area contributed by atoms with Gasteiger partial charge in [-0.15, -0.1) is 0 Å². The topological polar surface area (TPSA) is 207 Å². The summed E-state index contributed by atoms with van der Waals surface area (Å²) in [6.45, 7) is 4.89. The summed E-state index contributed by atoms with van der Waals surface area (Å²) in [6, 6.07) is 10.8. The Hall–Kier alpha value is -5.01. The Morgan fingerprint density at radius 2 is 1.78 bits per heavy atom. The predicted octanol–water partition coefficient (Wildman–Crippen LogP) is 5.62. The zero-order valence-corrected chi connectivity index (χ0v) is 31.7. The first-order valence-corrected chi connectivity index (χ1v) is 17.7. The summed E-state index contributed by atoms with van der Waals surface area (Å²) in [5.74, 6) is -7.59. The smallest absolute Gasteiger partial charge is 0.338 e. The molecule has 4 rings (SSSR count). The minimum absolute atomic E-state index is 0.0163. The van der Waals surface area contributed by atoms with E-state index in [-0.39, 0.29) is 51.0 Å². The largest absolute Gasteiger partial charge is 0.495 e. The summed E-state index contributed by atoms with van der Waals surface area (Å²) in [5, 5.41) is 49.2. The molecule has 1 unspecified atom stereocenters. The van der Waals surface area contributed by atoms with Crippen LogP contribution in [0.15, 0.2) is 54.6 Å². The molecule has 1 fully saturated rings. The molecule has 1 saturated heterocycles. The molecule has 0 bridgehead atoms. The van der Waals surface area contributed by atoms with Gasteiger partial charge in [0.25, 0.3) is 5.91 Å². The molecule has 294 valence electrons. The third-order valence-electron chi connectivity index (χ3n) is 9.18. The van der Waals surface area contributed by atoms with Crippen LogP contribution in [0.25, 0.3) is 0 Å². The standard InChI is InChI=1S/C38H40Cl2F2N4O9/c1-37(2,3)16-28-38(18-43,22-10-9-20(39)15-24(22)41)31(21-6-5-7-23(40)32(21)42)33(46-28)34(50)45-25-11-8-19(14-27(25)54-4)36(53)55-17-29(47)44-26(35(51)52)12-13-30(48)49/h5-11,14-15,26,28,31,33-34,45-46,50H,12-13,16-17H2,1-4H3,(H,44,47)(H,48,49)(H,51,52)/t26-,28-,31-,33+,34?,38-/m0/s1. The number of methoxy groups -OCH3 is 1. The molecular formula is C38H40Cl2F2N4O9. The highest BCUT2D eigenvalue weighted by Gasteiger charge is 2.61. The molecule has 3 aromatic rings. The first-order chi connectivity index (χ1) is 25.8. The lowest BCUT2D eigenvalue weighted by atomic mass is 9.62. The Morgan fingerprint density at radius 1 is 1.07 bits per heavy atom. The molecule has 0 saturated carbocycles. The molecule has 0 radical (unpaired) electrons. The number of rotatable bonds is 15. The van der Waals surface area contributed by atoms with Crippen molar-refractivity contribution in [3.63, 3.8) is 0 Å². The number of halogens is 4. The number of aliphatic carboxylic acids is 2. The SMILES string of the molecule is COc1cc(C(=O)OCC(=O)N[C@@H](CCC(=O)O)C(=O)O)ccc1NC(O)[C@@H]1N[C@@H](CC(C)(C)C)[C@](C#N)(c2ccc(Cl)cc2F)[C@H]1c1cccc(Cl)c1F. The van der Waals surface area contributed by atoms with E-state index in [1.165, 1.54) is 55.6 Å². The highest BCUT2D eigenvalue weighted by molar-refractivity contribution is 6.31. The molecule has 17 heteroatoms. The van der Waals surface area contributed by atoms with Crippen molar-refractivity contribution in [2.24, 2.45) is 5.41 Å². The summed E-state index contributed by atoms with van der Waals surface area (Å²) < 4.78 is 42.5. The molecule has 0 spiro atoms. The van der Waals surface area contributed by atoms with Crippen molar-refractivity contribution >= 4 is 52.7 Å². The van der Waals surface area contributed by atoms with E-state index < -0.39 is 89.6 Å². The zero-order chi connectivity index (χ0) is 40.8. The van der Waals surface area contributed by atoms with Gasteiger partial charge in [0.05, 0.1) is 35.5 Å². The van der Waals surface area contributed by atoms with Crippen LogP contribution < -0.4 is 20.7 Å². The first-order valence-electron chi connectivity index (χ1n) is 16.9. The number of ether oxygens (including phenoxy) is 2. The van der Waals surface area contributed by atoms with Gasteiger partial charge in [-0.3, -0.25) is 9.59 Å². The van der Waals surface area contributed by atoms with Gasteiger partial charge in [-0.05, 0) is 60.2 Å². The number of carbonyl (C=O) groups excluding carboxylic acids is 2. The Labute approximate surface area is 325 Å². The van der Waals surface area contributed by atoms with E-state index >= 15 is 8.78 Å². The van der Waals surface area contributed by atoms with Crippen molar-refractivity contribution in [2.75, 3.05) is 19.0 Å². The molecule has 0 aliphatic carbocycles. The Morgan fingerprint density at radius 3 is 2.38 bits per heavy atom. The predicted molar refractivity (Wildman–Crippen MR) is 197 cm³/mol. The molecule has 0 aromatic heterocycles. The summed E-state index contributed by atoms with van der Waals surface area (Å²) in [6.07, 6.45) is -2.24. The van der Waals surface area contributed by atoms with Crippen LogP contribution in [-0.2, 0) is 24.5 Å². The second-order valence-electron chi connectivity index (χ2n) is 14.2. The highest BCUT2D eigenvalue weighted by Crippen LogP contribution is 2.53. The average molecular weight is 806 g/mol. The summed E-state index contributed by atoms with van der Waals surface area (Å²) >= 11 is 12.3. The average Bonchev–Trinajstić information content (AvgIpc) is 3.42. The number of benzene rings is 3. The summed E-state index contributed by atoms with van der Waals surface area (Å²) in [5.41, 5.74) is -2.34. The lowest BCUT2D eigenvalue weighted by molar-refractivity contribution is -0.143. The molecular weight excluding hydrogens is 765 g/mol. The molecule has 1 aliphatic rings. The van der Waals surface area contributed by atoms with Gasteiger partial charge >= 0.3 is 17.9 Å². The monoisotopic (exact) mass is 804 g/mol. The van der Waals surface area contributed by atoms with Crippen LogP contribution in [0.3, 0.4) is 0 Å². The number of nitrogens with zero attached hydrogens (tertiary/aromatic N) is 1. The number of esters is 1. The molecule has 6 atom stereocenters. The maximum atomic E-state index is 16.0. The summed E-state index contributed by atoms with van der Waals surface area (Å²) in [7, 11) is 1.28. The van der Waals surface area contributed by atoms with Crippen LogP contribution in [0, 0.1) is 28.4 Å². The number of nitriles is 1. The third kappa shape index (κ3) is 9.81. The van der Waals surface area contributed by atoms with Crippen molar-refractivity contribution in [1.29, 1.82) is 5.26 Å². The number of nitrogens with one attached hydrogen (secondary N) is 3. The normalized spacial score (nSPS) is 20.5. The quantitative estimate of drug-likeness (QED) is 0.0818. The highest BCUT2D eigenvalue weighted by atomic mass is 35.5. The van der Waals surface area contributed by atoms with Crippen LogP contribution in [0.5, 0.6) is 5.75 Å². The fourth-order valence-electron chi connectivity index (χ4n) is 6.82. The Kier molecular flexibility index (Phi) is 13.7. The molecule has 6 N–H and O–H groups in total. The summed E-state index contributed by atoms with van der Waals surface area (Å²) in [4.78, 5) is 47.3. The van der Waals surface area contributed by atoms with Crippen molar-refractivity contribution in [3.8, 4) is 11.8 Å². The molecule has 1 aliphatic heterocycles. The van der Waals surface area contributed by atoms with Crippen LogP contribution in [-0.4, -0.2) is 77.2 Å². The van der Waals surface area contributed by atoms with E-state index in [1.807, 2.05) is 20.8 Å². The fraction of sp³-hybridized carbons (Fsp3) is 0.395. The third-order valence-corrected chi connectivity index (χ3v) is 9.71. The van der Waals surface area contributed by atoms with Gasteiger partial charge in [0.15, 0.2) is 6.61 Å². The van der Waals surface area contributed by atoms with Gasteiger partial charge < -0.3 is 40.7 Å². The van der Waals surface area contributed by atoms with Crippen LogP contribution in [0.1, 0.15) is 67.4 Å². The van der Waals surface area contributed by atoms with Gasteiger partial charge in [-0.1, -0.05) is 62.2 Å². The van der Waals surface area contributed by atoms with Crippen molar-refractivity contribution < 1.29 is 52.8 Å². The zero-order valence-electron chi connectivity index (χ0n) is 30.2. The van der Waals surface area contributed by atoms with E-state index in [0.717, 1.165) is 6.07 Å². The molecule has 55 heavy (non-hydrogen) atoms. The number of carboxylic acid groups (broad SMARTS) is 2. The minimum Gasteiger partial charge on any atom is -0.495 e. The van der Waals surface area contributed by atoms with E-state index in [2.05, 4.69) is 22.0 Å². The van der Waals surface area contributed by atoms with Gasteiger partial charge in [0, 0.05) is 29.0 Å². The second-order valence-corrected chi connectivity index (χ2v) is 15.1. The van der Waals surface area contributed by atoms with E-state index in [4.69, 9.17) is 37.8 Å². The van der Waals surface area contributed by atoms with Gasteiger partial charge in [0.2, 0.25) is 0 Å². The van der Waals surface area contributed by atoms with Gasteiger partial charge in [-0.25, -0.2) is 18.4 Å². The van der Waals surface area contributed by atoms with Crippen LogP contribution in [0.2, 0.25) is 10.0 Å². The van der Waals surface area contributed by atoms with Crippen molar-refractivity contribution in [1.82, 2.24) is 10.6 Å². The van der Waals surface area contributed by atoms with Crippen molar-refractivity contribution in [2.45, 2.75) is 75.7 Å². The Bertz CT molecular complexity index is 1990. The van der Waals surface area contributed by atoms with Gasteiger partial charge in [-0.2, -0.15) is 5.26 Å². The van der Waals surface area contributed by atoms with Gasteiger partial charge in [0.1, 0.15) is 35.1 Å². The van der Waals surface area contributed by atoms with E-state index in [1.54, 1.807) is 0 Å². The molecule has 13 nitrogen and oxygen atoms in total. The van der Waals surface area contributed by atoms with E-state index in [9.17, 15) is 34.7 Å². The number of aliphatic hydroxyl groups excluding tert-OH is 1. The maximum Gasteiger partial charge on any atom is 0.338 e. The van der Waals surface area contributed by atoms with Crippen LogP contribution in [0.4, 0.5) is 14.5 Å². The minimum atomic E-state index is -1.81. The number of hydrogen-bond acceptors (Lipinski definition) is 10. The molecule has 3 aromatic carbocycles. The molecule has 1 amide bonds. The van der Waals surface area contributed by atoms with E-state index in [0.29, 0.717) is 0 Å². The lowest BCUT2D eigenvalue weighted by Gasteiger charge is -2.38. The molecule has 1 heterocycles. The maximum absolute atomic E-state index is 16.0. The second kappa shape index (κ2) is 17.6. The van der Waals surface area contributed by atoms with Crippen molar-refractivity contribution in [3.05, 3.63) is 93.0 Å². The number of carbonyl (C=O) groups is 4. The fourth-order valence-corrected chi connectivity index (χ4v) is 7.16. The van der Waals surface area contributed by atoms with Crippen LogP contribution >= 0.6 is 23.2 Å². The Balaban J connectivity index is 1.67. The number of anilines is 1. The first kappa shape index (κ1) is 42.7. The lowest BCUT2D eigenvalue weighted by Crippen LogP contribution is -2.45. The number of carboxylic acids is 2.